The Morgan fingerprint density at radius 2 is 1.80 bits per heavy atom. The molecule has 2 aromatic rings. The standard InChI is InChI=1S/C23H31N5OS/c1-17-10-8-9-15-28(17)20-16-21(29-19-13-6-3-7-14-19)26-22(25-20)27-23(30)24-18-11-4-2-5-12-18/h3,6-7,13-14,16-18H,2,4-5,8-12,15H2,1H3,(H2,24,25,26,27,30)/t17-/m1/s1. The zero-order valence-electron chi connectivity index (χ0n) is 17.6. The van der Waals surface area contributed by atoms with Crippen molar-refractivity contribution in [3.05, 3.63) is 36.4 Å². The lowest BCUT2D eigenvalue weighted by atomic mass is 9.96. The summed E-state index contributed by atoms with van der Waals surface area (Å²) < 4.78 is 6.04. The summed E-state index contributed by atoms with van der Waals surface area (Å²) in [5, 5.41) is 7.21. The molecule has 0 bridgehead atoms. The van der Waals surface area contributed by atoms with Crippen molar-refractivity contribution in [1.82, 2.24) is 15.3 Å². The molecule has 30 heavy (non-hydrogen) atoms. The van der Waals surface area contributed by atoms with Crippen LogP contribution >= 0.6 is 12.2 Å². The molecule has 0 amide bonds. The van der Waals surface area contributed by atoms with Crippen LogP contribution in [-0.4, -0.2) is 33.7 Å². The Morgan fingerprint density at radius 1 is 1.03 bits per heavy atom. The SMILES string of the molecule is C[C@@H]1CCCCN1c1cc(Oc2ccccc2)nc(NC(=S)NC2CCCCC2)n1. The Hall–Kier alpha value is -2.41. The first-order valence-corrected chi connectivity index (χ1v) is 11.5. The van der Waals surface area contributed by atoms with Gasteiger partial charge in [-0.1, -0.05) is 37.5 Å². The molecule has 2 aliphatic rings. The number of para-hydroxylation sites is 1. The lowest BCUT2D eigenvalue weighted by Gasteiger charge is -2.34. The van der Waals surface area contributed by atoms with Gasteiger partial charge in [-0.15, -0.1) is 0 Å². The monoisotopic (exact) mass is 425 g/mol. The molecule has 2 heterocycles. The van der Waals surface area contributed by atoms with E-state index in [1.165, 1.54) is 38.5 Å². The van der Waals surface area contributed by atoms with E-state index < -0.39 is 0 Å². The average Bonchev–Trinajstić information content (AvgIpc) is 2.75. The lowest BCUT2D eigenvalue weighted by molar-refractivity contribution is 0.414. The molecule has 1 saturated carbocycles. The lowest BCUT2D eigenvalue weighted by Crippen LogP contribution is -2.40. The number of aromatic nitrogens is 2. The molecular formula is C23H31N5OS. The van der Waals surface area contributed by atoms with Gasteiger partial charge in [0.2, 0.25) is 11.8 Å². The van der Waals surface area contributed by atoms with Crippen molar-refractivity contribution in [2.24, 2.45) is 0 Å². The van der Waals surface area contributed by atoms with Gasteiger partial charge in [0.1, 0.15) is 11.6 Å². The zero-order chi connectivity index (χ0) is 20.8. The summed E-state index contributed by atoms with van der Waals surface area (Å²) in [6, 6.07) is 12.5. The van der Waals surface area contributed by atoms with E-state index in [1.807, 2.05) is 36.4 Å². The van der Waals surface area contributed by atoms with E-state index in [1.54, 1.807) is 0 Å². The number of thiocarbonyl (C=S) groups is 1. The van der Waals surface area contributed by atoms with E-state index in [9.17, 15) is 0 Å². The Labute approximate surface area is 184 Å². The highest BCUT2D eigenvalue weighted by atomic mass is 32.1. The van der Waals surface area contributed by atoms with Crippen LogP contribution in [0.25, 0.3) is 0 Å². The third-order valence-corrected chi connectivity index (χ3v) is 6.14. The Morgan fingerprint density at radius 3 is 2.57 bits per heavy atom. The molecule has 7 heteroatoms. The second-order valence-corrected chi connectivity index (χ2v) is 8.68. The van der Waals surface area contributed by atoms with Crippen LogP contribution in [0, 0.1) is 0 Å². The molecule has 0 radical (unpaired) electrons. The van der Waals surface area contributed by atoms with Gasteiger partial charge in [-0.05, 0) is 63.4 Å². The zero-order valence-corrected chi connectivity index (χ0v) is 18.5. The van der Waals surface area contributed by atoms with Gasteiger partial charge in [0.15, 0.2) is 5.11 Å². The Kier molecular flexibility index (Phi) is 7.00. The van der Waals surface area contributed by atoms with Crippen molar-refractivity contribution >= 4 is 29.1 Å². The number of nitrogens with zero attached hydrogens (tertiary/aromatic N) is 3. The minimum Gasteiger partial charge on any atom is -0.439 e. The number of ether oxygens (including phenoxy) is 1. The van der Waals surface area contributed by atoms with Crippen LogP contribution in [0.5, 0.6) is 11.6 Å². The quantitative estimate of drug-likeness (QED) is 0.633. The van der Waals surface area contributed by atoms with Crippen LogP contribution in [0.4, 0.5) is 11.8 Å². The summed E-state index contributed by atoms with van der Waals surface area (Å²) >= 11 is 5.56. The molecule has 1 saturated heterocycles. The van der Waals surface area contributed by atoms with Crippen LogP contribution in [0.3, 0.4) is 0 Å². The summed E-state index contributed by atoms with van der Waals surface area (Å²) in [5.41, 5.74) is 0. The predicted molar refractivity (Wildman–Crippen MR) is 125 cm³/mol. The molecule has 0 spiro atoms. The largest absolute Gasteiger partial charge is 0.439 e. The number of hydrogen-bond donors (Lipinski definition) is 2. The van der Waals surface area contributed by atoms with Gasteiger partial charge in [-0.2, -0.15) is 9.97 Å². The number of benzene rings is 1. The predicted octanol–water partition coefficient (Wildman–Crippen LogP) is 5.27. The molecular weight excluding hydrogens is 394 g/mol. The highest BCUT2D eigenvalue weighted by molar-refractivity contribution is 7.80. The fourth-order valence-electron chi connectivity index (χ4n) is 4.29. The van der Waals surface area contributed by atoms with Gasteiger partial charge < -0.3 is 20.3 Å². The van der Waals surface area contributed by atoms with Crippen LogP contribution in [0.2, 0.25) is 0 Å². The van der Waals surface area contributed by atoms with Crippen molar-refractivity contribution in [3.63, 3.8) is 0 Å². The van der Waals surface area contributed by atoms with Crippen molar-refractivity contribution in [2.75, 3.05) is 16.8 Å². The second-order valence-electron chi connectivity index (χ2n) is 8.27. The van der Waals surface area contributed by atoms with Gasteiger partial charge in [0, 0.05) is 24.7 Å². The highest BCUT2D eigenvalue weighted by Gasteiger charge is 2.22. The summed E-state index contributed by atoms with van der Waals surface area (Å²) in [7, 11) is 0. The van der Waals surface area contributed by atoms with E-state index >= 15 is 0 Å². The van der Waals surface area contributed by atoms with Gasteiger partial charge in [-0.3, -0.25) is 0 Å². The van der Waals surface area contributed by atoms with Crippen LogP contribution in [-0.2, 0) is 0 Å². The van der Waals surface area contributed by atoms with E-state index in [0.717, 1.165) is 31.0 Å². The van der Waals surface area contributed by atoms with Crippen molar-refractivity contribution in [3.8, 4) is 11.6 Å². The number of piperidine rings is 1. The topological polar surface area (TPSA) is 62.3 Å². The molecule has 1 aliphatic carbocycles. The third kappa shape index (κ3) is 5.59. The fraction of sp³-hybridized carbons (Fsp3) is 0.522. The Bertz CT molecular complexity index is 841. The average molecular weight is 426 g/mol. The smallest absolute Gasteiger partial charge is 0.234 e. The molecule has 1 atom stereocenters. The van der Waals surface area contributed by atoms with E-state index in [4.69, 9.17) is 21.9 Å². The van der Waals surface area contributed by atoms with Crippen LogP contribution < -0.4 is 20.3 Å². The fourth-order valence-corrected chi connectivity index (χ4v) is 4.54. The van der Waals surface area contributed by atoms with Crippen molar-refractivity contribution < 1.29 is 4.74 Å². The molecule has 6 nitrogen and oxygen atoms in total. The second kappa shape index (κ2) is 10.1. The van der Waals surface area contributed by atoms with Crippen LogP contribution in [0.15, 0.2) is 36.4 Å². The third-order valence-electron chi connectivity index (χ3n) is 5.92. The molecule has 1 aromatic carbocycles. The maximum Gasteiger partial charge on any atom is 0.234 e. The number of rotatable bonds is 5. The van der Waals surface area contributed by atoms with Gasteiger partial charge >= 0.3 is 0 Å². The number of anilines is 2. The minimum absolute atomic E-state index is 0.434. The molecule has 160 valence electrons. The summed E-state index contributed by atoms with van der Waals surface area (Å²) in [6.07, 6.45) is 9.76. The van der Waals surface area contributed by atoms with Gasteiger partial charge in [0.25, 0.3) is 0 Å². The van der Waals surface area contributed by atoms with Crippen molar-refractivity contribution in [1.29, 1.82) is 0 Å². The normalized spacial score (nSPS) is 19.9. The van der Waals surface area contributed by atoms with Gasteiger partial charge in [0.05, 0.1) is 0 Å². The summed E-state index contributed by atoms with van der Waals surface area (Å²) in [6.45, 7) is 3.24. The molecule has 2 N–H and O–H groups in total. The summed E-state index contributed by atoms with van der Waals surface area (Å²) in [4.78, 5) is 11.7. The Balaban J connectivity index is 1.53. The maximum absolute atomic E-state index is 6.04. The molecule has 1 aliphatic heterocycles. The maximum atomic E-state index is 6.04. The first kappa shape index (κ1) is 20.8. The van der Waals surface area contributed by atoms with E-state index in [2.05, 4.69) is 27.4 Å². The summed E-state index contributed by atoms with van der Waals surface area (Å²) in [5.74, 6) is 2.63. The minimum atomic E-state index is 0.434. The first-order valence-electron chi connectivity index (χ1n) is 11.1. The number of nitrogens with one attached hydrogen (secondary N) is 2. The molecule has 1 aromatic heterocycles. The van der Waals surface area contributed by atoms with Gasteiger partial charge in [-0.25, -0.2) is 0 Å². The molecule has 0 unspecified atom stereocenters. The highest BCUT2D eigenvalue weighted by Crippen LogP contribution is 2.29. The number of hydrogen-bond acceptors (Lipinski definition) is 5. The molecule has 4 rings (SSSR count). The van der Waals surface area contributed by atoms with E-state index in [0.29, 0.717) is 29.0 Å². The van der Waals surface area contributed by atoms with Crippen LogP contribution in [0.1, 0.15) is 58.3 Å². The first-order chi connectivity index (χ1) is 14.7. The van der Waals surface area contributed by atoms with Crippen molar-refractivity contribution in [2.45, 2.75) is 70.4 Å². The molecule has 2 fully saturated rings. The van der Waals surface area contributed by atoms with E-state index in [-0.39, 0.29) is 0 Å².